The topological polar surface area (TPSA) is 34.4 Å². The van der Waals surface area contributed by atoms with Crippen molar-refractivity contribution in [2.45, 2.75) is 47.0 Å². The van der Waals surface area contributed by atoms with Crippen LogP contribution in [-0.4, -0.2) is 25.5 Å². The van der Waals surface area contributed by atoms with Gasteiger partial charge in [0.15, 0.2) is 0 Å². The molecule has 2 aliphatic rings. The van der Waals surface area contributed by atoms with Crippen LogP contribution in [0.5, 0.6) is 0 Å². The van der Waals surface area contributed by atoms with Gasteiger partial charge in [-0.05, 0) is 25.0 Å². The maximum atomic E-state index is 12.5. The molecule has 1 unspecified atom stereocenters. The second-order valence-electron chi connectivity index (χ2n) is 5.03. The van der Waals surface area contributed by atoms with E-state index in [4.69, 9.17) is 0 Å². The molecule has 2 fully saturated rings. The van der Waals surface area contributed by atoms with E-state index in [0.29, 0.717) is 0 Å². The van der Waals surface area contributed by atoms with Crippen LogP contribution in [0.4, 0.5) is 5.69 Å². The Hall–Kier alpha value is -0.662. The molecule has 0 aromatic heterocycles. The Morgan fingerprint density at radius 1 is 1.09 bits per heavy atom. The van der Waals surface area contributed by atoms with Crippen LogP contribution >= 0.6 is 0 Å². The predicted molar refractivity (Wildman–Crippen MR) is 92.0 cm³/mol. The summed E-state index contributed by atoms with van der Waals surface area (Å²) in [6, 6.07) is 9.97. The first kappa shape index (κ1) is 21.3. The molecule has 2 heterocycles. The SMILES string of the molecule is CC.CC.O=C1N(c2ccccc2)CCC12CCC[N-]C2.[2H-].[W]. The smallest absolute Gasteiger partial charge is 0.231 e. The molecule has 2 aliphatic heterocycles. The van der Waals surface area contributed by atoms with Gasteiger partial charge in [-0.2, -0.15) is 0 Å². The zero-order chi connectivity index (χ0) is 15.7. The number of anilines is 1. The molecule has 2 saturated heterocycles. The maximum Gasteiger partial charge on any atom is 0.231 e. The van der Waals surface area contributed by atoms with E-state index in [9.17, 15) is 4.79 Å². The van der Waals surface area contributed by atoms with Crippen LogP contribution in [0.25, 0.3) is 5.32 Å². The Morgan fingerprint density at radius 3 is 2.27 bits per heavy atom. The van der Waals surface area contributed by atoms with Crippen LogP contribution in [0.3, 0.4) is 0 Å². The summed E-state index contributed by atoms with van der Waals surface area (Å²) in [6.07, 6.45) is 3.04. The van der Waals surface area contributed by atoms with Crippen LogP contribution in [-0.2, 0) is 25.9 Å². The number of carbonyl (C=O) groups excluding carboxylic acids is 1. The monoisotopic (exact) mass is 475 g/mol. The van der Waals surface area contributed by atoms with Crippen molar-refractivity contribution in [1.29, 1.82) is 0 Å². The van der Waals surface area contributed by atoms with Crippen molar-refractivity contribution < 1.29 is 27.3 Å². The molecular formula is C18H30N2OW-2. The summed E-state index contributed by atoms with van der Waals surface area (Å²) in [7, 11) is 0. The summed E-state index contributed by atoms with van der Waals surface area (Å²) in [4.78, 5) is 14.5. The first-order valence-electron chi connectivity index (χ1n) is 8.32. The standard InChI is InChI=1S/C14H17N2O.2C2H6.W.H/c17-13-14(7-4-9-15-11-14)8-10-16(13)12-5-2-1-3-6-12;2*1-2;;/h1-3,5-6H,4,7-11H2;2*1-2H3;;/q-1;;;;-1/i;;;;1+1. The summed E-state index contributed by atoms with van der Waals surface area (Å²) < 4.78 is 0. The summed E-state index contributed by atoms with van der Waals surface area (Å²) in [5.41, 5.74) is 0.855. The minimum Gasteiger partial charge on any atom is -1.00 e. The van der Waals surface area contributed by atoms with Crippen molar-refractivity contribution in [3.05, 3.63) is 35.6 Å². The molecule has 1 spiro atoms. The minimum absolute atomic E-state index is 0. The average molecular weight is 475 g/mol. The Balaban J connectivity index is 0. The number of hydrogen-bond donors (Lipinski definition) is 0. The molecule has 3 nitrogen and oxygen atoms in total. The van der Waals surface area contributed by atoms with Gasteiger partial charge >= 0.3 is 0 Å². The molecule has 0 N–H and O–H groups in total. The van der Waals surface area contributed by atoms with Crippen LogP contribution in [0.2, 0.25) is 0 Å². The van der Waals surface area contributed by atoms with E-state index in [1.54, 1.807) is 0 Å². The van der Waals surface area contributed by atoms with Gasteiger partial charge in [-0.25, -0.2) is 0 Å². The molecule has 4 heteroatoms. The molecule has 0 saturated carbocycles. The molecule has 1 amide bonds. The zero-order valence-electron chi connectivity index (χ0n) is 15.3. The third-order valence-electron chi connectivity index (χ3n) is 3.97. The summed E-state index contributed by atoms with van der Waals surface area (Å²) in [5, 5.41) is 4.44. The van der Waals surface area contributed by atoms with Crippen LogP contribution in [0.1, 0.15) is 48.4 Å². The number of piperidine rings is 1. The molecule has 1 atom stereocenters. The molecule has 1 aromatic rings. The third-order valence-corrected chi connectivity index (χ3v) is 3.97. The Bertz CT molecular complexity index is 422. The average Bonchev–Trinajstić information content (AvgIpc) is 2.89. The van der Waals surface area contributed by atoms with E-state index in [1.807, 2.05) is 62.9 Å². The summed E-state index contributed by atoms with van der Waals surface area (Å²) >= 11 is 0. The van der Waals surface area contributed by atoms with Crippen molar-refractivity contribution in [1.82, 2.24) is 0 Å². The molecule has 126 valence electrons. The number of hydrogen-bond acceptors (Lipinski definition) is 1. The van der Waals surface area contributed by atoms with Gasteiger partial charge in [0.1, 0.15) is 0 Å². The largest absolute Gasteiger partial charge is 1.00 e. The fourth-order valence-corrected chi connectivity index (χ4v) is 2.95. The predicted octanol–water partition coefficient (Wildman–Crippen LogP) is 4.74. The van der Waals surface area contributed by atoms with Gasteiger partial charge in [0.25, 0.3) is 0 Å². The fourth-order valence-electron chi connectivity index (χ4n) is 2.95. The van der Waals surface area contributed by atoms with Gasteiger partial charge in [0, 0.05) is 38.7 Å². The first-order valence-corrected chi connectivity index (χ1v) is 8.32. The molecule has 0 radical (unpaired) electrons. The molecule has 1 aromatic carbocycles. The van der Waals surface area contributed by atoms with E-state index in [1.165, 1.54) is 0 Å². The number of rotatable bonds is 1. The van der Waals surface area contributed by atoms with Crippen LogP contribution in [0.15, 0.2) is 30.3 Å². The first-order chi connectivity index (χ1) is 10.3. The second kappa shape index (κ2) is 11.0. The molecule has 22 heavy (non-hydrogen) atoms. The number of benzene rings is 1. The summed E-state index contributed by atoms with van der Waals surface area (Å²) in [6.45, 7) is 10.5. The van der Waals surface area contributed by atoms with E-state index in [2.05, 4.69) is 5.32 Å². The quantitative estimate of drug-likeness (QED) is 0.578. The molecular weight excluding hydrogens is 444 g/mol. The Morgan fingerprint density at radius 2 is 1.73 bits per heavy atom. The van der Waals surface area contributed by atoms with Crippen molar-refractivity contribution >= 4 is 11.6 Å². The molecule has 0 aliphatic carbocycles. The van der Waals surface area contributed by atoms with Gasteiger partial charge in [0.05, 0.1) is 0 Å². The molecule has 3 rings (SSSR count). The van der Waals surface area contributed by atoms with Gasteiger partial charge in [-0.3, -0.25) is 4.79 Å². The van der Waals surface area contributed by atoms with Gasteiger partial charge in [-0.15, -0.1) is 13.1 Å². The van der Waals surface area contributed by atoms with E-state index in [-0.39, 0.29) is 33.8 Å². The summed E-state index contributed by atoms with van der Waals surface area (Å²) in [5.74, 6) is 0.284. The second-order valence-corrected chi connectivity index (χ2v) is 5.03. The normalized spacial score (nSPS) is 22.9. The van der Waals surface area contributed by atoms with E-state index in [0.717, 1.165) is 44.6 Å². The third kappa shape index (κ3) is 4.66. The zero-order valence-corrected chi connectivity index (χ0v) is 17.3. The fraction of sp³-hybridized carbons (Fsp3) is 0.611. The van der Waals surface area contributed by atoms with Gasteiger partial charge in [-0.1, -0.05) is 52.3 Å². The number of carbonyl (C=O) groups is 1. The van der Waals surface area contributed by atoms with Crippen molar-refractivity contribution in [2.24, 2.45) is 5.41 Å². The van der Waals surface area contributed by atoms with Crippen molar-refractivity contribution in [3.8, 4) is 0 Å². The van der Waals surface area contributed by atoms with Gasteiger partial charge in [0.2, 0.25) is 5.91 Å². The number of para-hydroxylation sites is 1. The van der Waals surface area contributed by atoms with E-state index >= 15 is 0 Å². The van der Waals surface area contributed by atoms with Crippen LogP contribution in [0, 0.1) is 5.41 Å². The van der Waals surface area contributed by atoms with Crippen molar-refractivity contribution in [2.75, 3.05) is 24.5 Å². The maximum absolute atomic E-state index is 12.5. The Kier molecular flexibility index (Phi) is 10.6. The Labute approximate surface area is 151 Å². The molecule has 0 bridgehead atoms. The van der Waals surface area contributed by atoms with Crippen LogP contribution < -0.4 is 4.90 Å². The van der Waals surface area contributed by atoms with E-state index < -0.39 is 0 Å². The number of amides is 1. The minimum atomic E-state index is -0.173. The van der Waals surface area contributed by atoms with Gasteiger partial charge < -0.3 is 11.6 Å². The van der Waals surface area contributed by atoms with Crippen molar-refractivity contribution in [3.63, 3.8) is 0 Å². The number of nitrogens with zero attached hydrogens (tertiary/aromatic N) is 2.